The van der Waals surface area contributed by atoms with Gasteiger partial charge in [-0.2, -0.15) is 0 Å². The van der Waals surface area contributed by atoms with Gasteiger partial charge >= 0.3 is 5.97 Å². The maximum Gasteiger partial charge on any atom is 0.320 e. The number of halogens is 1. The number of nitrogens with zero attached hydrogens (tertiary/aromatic N) is 2. The van der Waals surface area contributed by atoms with Crippen LogP contribution in [-0.2, 0) is 14.9 Å². The first-order valence-corrected chi connectivity index (χ1v) is 18.7. The number of piperidine rings is 3. The molecule has 11 nitrogen and oxygen atoms in total. The molecule has 0 aliphatic carbocycles. The Morgan fingerprint density at radius 2 is 1.68 bits per heavy atom. The van der Waals surface area contributed by atoms with E-state index in [0.29, 0.717) is 52.4 Å². The minimum Gasteiger partial charge on any atom is -0.506 e. The van der Waals surface area contributed by atoms with Crippen molar-refractivity contribution in [3.63, 3.8) is 0 Å². The Morgan fingerprint density at radius 1 is 0.943 bits per heavy atom. The second-order valence-electron chi connectivity index (χ2n) is 14.6. The van der Waals surface area contributed by atoms with Crippen molar-refractivity contribution in [2.75, 3.05) is 52.4 Å². The number of esters is 1. The lowest BCUT2D eigenvalue weighted by Crippen LogP contribution is -2.66. The average Bonchev–Trinajstić information content (AvgIpc) is 3.15. The summed E-state index contributed by atoms with van der Waals surface area (Å²) in [5, 5.41) is 24.7. The third-order valence-corrected chi connectivity index (χ3v) is 11.1. The highest BCUT2D eigenvalue weighted by Crippen LogP contribution is 2.39. The zero-order valence-electron chi connectivity index (χ0n) is 29.8. The molecule has 2 atom stereocenters. The molecule has 2 bridgehead atoms. The van der Waals surface area contributed by atoms with E-state index in [-0.39, 0.29) is 48.2 Å². The largest absolute Gasteiger partial charge is 0.506 e. The minimum absolute atomic E-state index is 0.0352. The van der Waals surface area contributed by atoms with Gasteiger partial charge in [0.2, 0.25) is 5.56 Å². The third kappa shape index (κ3) is 8.09. The molecule has 8 rings (SSSR count). The Kier molecular flexibility index (Phi) is 11.1. The summed E-state index contributed by atoms with van der Waals surface area (Å²) in [6.45, 7) is 4.79. The molecule has 4 N–H and O–H groups in total. The number of aromatic nitrogens is 1. The number of carbonyl (C=O) groups excluding carboxylic acids is 2. The van der Waals surface area contributed by atoms with Crippen LogP contribution in [0.5, 0.6) is 11.5 Å². The molecule has 0 saturated carbocycles. The van der Waals surface area contributed by atoms with Gasteiger partial charge in [-0.15, -0.1) is 0 Å². The van der Waals surface area contributed by atoms with Gasteiger partial charge in [-0.25, -0.2) is 4.39 Å². The predicted octanol–water partition coefficient (Wildman–Crippen LogP) is 4.67. The summed E-state index contributed by atoms with van der Waals surface area (Å²) in [4.78, 5) is 45.4. The molecule has 1 amide bonds. The van der Waals surface area contributed by atoms with Gasteiger partial charge in [0.25, 0.3) is 5.91 Å². The number of benzene rings is 3. The number of aromatic amines is 1. The zero-order valence-corrected chi connectivity index (χ0v) is 29.8. The van der Waals surface area contributed by atoms with Crippen LogP contribution < -0.4 is 15.6 Å². The van der Waals surface area contributed by atoms with Crippen molar-refractivity contribution in [3.05, 3.63) is 106 Å². The summed E-state index contributed by atoms with van der Waals surface area (Å²) in [6.07, 6.45) is 4.87. The zero-order chi connectivity index (χ0) is 37.0. The molecule has 0 unspecified atom stereocenters. The Morgan fingerprint density at radius 3 is 2.40 bits per heavy atom. The standard InChI is InChI=1S/C41H47FN4O7/c42-30-9-7-29(8-10-30)41(40(51)53-36-24-45-20-17-27(36)18-21-45)25-46(26-41)39(50)28-5-11-31(12-6-28)52-22-4-2-1-3-19-43-23-35(48)32-13-15-34(47)38-33(32)14-16-37(49)44-38/h5-16,27,35-36,43,47-48H,1-4,17-26H2,(H,44,49)/t35-,36-/m0/s1. The van der Waals surface area contributed by atoms with E-state index in [1.807, 2.05) is 0 Å². The van der Waals surface area contributed by atoms with E-state index in [4.69, 9.17) is 9.47 Å². The minimum atomic E-state index is -1.03. The number of aliphatic hydroxyl groups excluding tert-OH is 1. The maximum absolute atomic E-state index is 13.8. The summed E-state index contributed by atoms with van der Waals surface area (Å²) in [7, 11) is 0. The first kappa shape index (κ1) is 36.6. The molecule has 0 spiro atoms. The van der Waals surface area contributed by atoms with Crippen molar-refractivity contribution in [2.24, 2.45) is 5.92 Å². The monoisotopic (exact) mass is 726 g/mol. The smallest absolute Gasteiger partial charge is 0.320 e. The molecular formula is C41H47FN4O7. The quantitative estimate of drug-likeness (QED) is 0.102. The van der Waals surface area contributed by atoms with Crippen LogP contribution in [0.3, 0.4) is 0 Å². The normalized spacial score (nSPS) is 20.9. The van der Waals surface area contributed by atoms with Crippen molar-refractivity contribution in [3.8, 4) is 11.5 Å². The van der Waals surface area contributed by atoms with E-state index >= 15 is 0 Å². The topological polar surface area (TPSA) is 144 Å². The molecule has 5 heterocycles. The molecular weight excluding hydrogens is 679 g/mol. The number of rotatable bonds is 15. The second kappa shape index (κ2) is 16.1. The van der Waals surface area contributed by atoms with Crippen LogP contribution >= 0.6 is 0 Å². The molecule has 0 radical (unpaired) electrons. The van der Waals surface area contributed by atoms with Crippen molar-refractivity contribution in [2.45, 2.75) is 56.1 Å². The number of hydrogen-bond donors (Lipinski definition) is 4. The van der Waals surface area contributed by atoms with Crippen LogP contribution in [0.2, 0.25) is 0 Å². The van der Waals surface area contributed by atoms with Crippen molar-refractivity contribution in [1.29, 1.82) is 0 Å². The van der Waals surface area contributed by atoms with Gasteiger partial charge in [-0.1, -0.05) is 31.0 Å². The number of fused-ring (bicyclic) bond motifs is 4. The number of phenols is 1. The lowest BCUT2D eigenvalue weighted by atomic mass is 9.73. The number of aromatic hydroxyl groups is 1. The molecule has 3 aromatic carbocycles. The number of ether oxygens (including phenoxy) is 2. The molecule has 12 heteroatoms. The maximum atomic E-state index is 13.8. The van der Waals surface area contributed by atoms with Crippen molar-refractivity contribution in [1.82, 2.24) is 20.1 Å². The van der Waals surface area contributed by atoms with Gasteiger partial charge < -0.3 is 34.9 Å². The highest BCUT2D eigenvalue weighted by molar-refractivity contribution is 5.98. The van der Waals surface area contributed by atoms with E-state index in [9.17, 15) is 29.0 Å². The highest BCUT2D eigenvalue weighted by atomic mass is 19.1. The number of H-pyrrole nitrogens is 1. The molecule has 4 aromatic rings. The third-order valence-electron chi connectivity index (χ3n) is 11.1. The number of likely N-dealkylation sites (tertiary alicyclic amines) is 1. The molecule has 1 aromatic heterocycles. The summed E-state index contributed by atoms with van der Waals surface area (Å²) in [6, 6.07) is 19.1. The summed E-state index contributed by atoms with van der Waals surface area (Å²) in [5.41, 5.74) is 0.774. The fourth-order valence-corrected chi connectivity index (χ4v) is 7.91. The van der Waals surface area contributed by atoms with Crippen LogP contribution in [0.4, 0.5) is 4.39 Å². The summed E-state index contributed by atoms with van der Waals surface area (Å²) in [5.74, 6) is 0.0946. The van der Waals surface area contributed by atoms with Gasteiger partial charge in [-0.05, 0) is 111 Å². The van der Waals surface area contributed by atoms with Crippen LogP contribution in [0, 0.1) is 11.7 Å². The molecule has 4 aliphatic rings. The fourth-order valence-electron chi connectivity index (χ4n) is 7.91. The molecule has 4 aliphatic heterocycles. The second-order valence-corrected chi connectivity index (χ2v) is 14.6. The summed E-state index contributed by atoms with van der Waals surface area (Å²) < 4.78 is 25.9. The lowest BCUT2D eigenvalue weighted by molar-refractivity contribution is -0.171. The number of hydrogen-bond acceptors (Lipinski definition) is 9. The van der Waals surface area contributed by atoms with Crippen LogP contribution in [0.15, 0.2) is 77.6 Å². The van der Waals surface area contributed by atoms with E-state index < -0.39 is 11.5 Å². The number of amides is 1. The van der Waals surface area contributed by atoms with Gasteiger partial charge in [0.05, 0.1) is 18.2 Å². The summed E-state index contributed by atoms with van der Waals surface area (Å²) >= 11 is 0. The number of phenolic OH excluding ortho intramolecular Hbond substituents is 1. The first-order valence-electron chi connectivity index (χ1n) is 18.7. The Hall–Kier alpha value is -4.78. The van der Waals surface area contributed by atoms with Gasteiger partial charge in [0.1, 0.15) is 28.8 Å². The molecule has 4 fully saturated rings. The Balaban J connectivity index is 0.822. The van der Waals surface area contributed by atoms with E-state index in [0.717, 1.165) is 64.7 Å². The number of unbranched alkanes of at least 4 members (excludes halogenated alkanes) is 3. The molecule has 4 saturated heterocycles. The lowest BCUT2D eigenvalue weighted by Gasteiger charge is -2.50. The SMILES string of the molecule is O=C(c1ccc(OCCCCCCNC[C@H](O)c2ccc(O)c3[nH]c(=O)ccc23)cc1)N1CC(C(=O)O[C@H]2CN3CCC2CC3)(c2ccc(F)cc2)C1. The van der Waals surface area contributed by atoms with E-state index in [1.54, 1.807) is 53.4 Å². The number of aliphatic hydroxyl groups is 1. The first-order chi connectivity index (χ1) is 25.7. The Bertz CT molecular complexity index is 1950. The van der Waals surface area contributed by atoms with E-state index in [1.165, 1.54) is 24.3 Å². The number of carbonyl (C=O) groups is 2. The van der Waals surface area contributed by atoms with Gasteiger partial charge in [-0.3, -0.25) is 19.3 Å². The number of nitrogens with one attached hydrogen (secondary N) is 2. The van der Waals surface area contributed by atoms with Gasteiger partial charge in [0.15, 0.2) is 0 Å². The van der Waals surface area contributed by atoms with Crippen molar-refractivity contribution < 1.29 is 33.7 Å². The van der Waals surface area contributed by atoms with Gasteiger partial charge in [0, 0.05) is 43.2 Å². The molecule has 53 heavy (non-hydrogen) atoms. The predicted molar refractivity (Wildman–Crippen MR) is 197 cm³/mol. The average molecular weight is 727 g/mol. The molecule has 280 valence electrons. The van der Waals surface area contributed by atoms with E-state index in [2.05, 4.69) is 15.2 Å². The highest BCUT2D eigenvalue weighted by Gasteiger charge is 2.55. The number of pyridine rings is 1. The Labute approximate surface area is 307 Å². The van der Waals surface area contributed by atoms with Crippen molar-refractivity contribution >= 4 is 22.8 Å². The van der Waals surface area contributed by atoms with Crippen LogP contribution in [0.1, 0.15) is 66.1 Å². The van der Waals surface area contributed by atoms with Crippen LogP contribution in [-0.4, -0.2) is 95.4 Å². The van der Waals surface area contributed by atoms with Crippen LogP contribution in [0.25, 0.3) is 10.9 Å². The fraction of sp³-hybridized carbons (Fsp3) is 0.439.